The number of pyridine rings is 1. The van der Waals surface area contributed by atoms with Gasteiger partial charge in [0.15, 0.2) is 0 Å². The third kappa shape index (κ3) is 2.27. The van der Waals surface area contributed by atoms with Crippen LogP contribution in [0.2, 0.25) is 0 Å². The Labute approximate surface area is 122 Å². The highest BCUT2D eigenvalue weighted by Gasteiger charge is 2.13. The van der Waals surface area contributed by atoms with E-state index in [0.717, 1.165) is 30.0 Å². The Hall–Kier alpha value is -2.36. The number of halogens is 1. The maximum Gasteiger partial charge on any atom is 0.137 e. The van der Waals surface area contributed by atoms with Crippen LogP contribution < -0.4 is 4.90 Å². The van der Waals surface area contributed by atoms with Gasteiger partial charge in [-0.2, -0.15) is 0 Å². The van der Waals surface area contributed by atoms with Crippen LogP contribution in [0.25, 0.3) is 16.9 Å². The van der Waals surface area contributed by atoms with Gasteiger partial charge in [-0.05, 0) is 49.2 Å². The second-order valence-corrected chi connectivity index (χ2v) is 5.48. The molecule has 3 nitrogen and oxygen atoms in total. The van der Waals surface area contributed by atoms with Crippen molar-refractivity contribution < 1.29 is 4.39 Å². The van der Waals surface area contributed by atoms with E-state index >= 15 is 0 Å². The van der Waals surface area contributed by atoms with Crippen molar-refractivity contribution in [1.82, 2.24) is 9.38 Å². The summed E-state index contributed by atoms with van der Waals surface area (Å²) < 4.78 is 15.0. The average molecular weight is 281 g/mol. The highest BCUT2D eigenvalue weighted by Crippen LogP contribution is 2.24. The molecule has 1 saturated heterocycles. The zero-order valence-corrected chi connectivity index (χ0v) is 11.7. The van der Waals surface area contributed by atoms with Crippen LogP contribution in [0.5, 0.6) is 0 Å². The number of nitrogens with zero attached hydrogens (tertiary/aromatic N) is 3. The maximum absolute atomic E-state index is 13.0. The van der Waals surface area contributed by atoms with Gasteiger partial charge in [0.05, 0.1) is 11.4 Å². The lowest BCUT2D eigenvalue weighted by Gasteiger charge is -2.17. The van der Waals surface area contributed by atoms with Crippen LogP contribution in [0, 0.1) is 5.82 Å². The van der Waals surface area contributed by atoms with Gasteiger partial charge >= 0.3 is 0 Å². The molecule has 1 aromatic carbocycles. The monoisotopic (exact) mass is 281 g/mol. The molecule has 0 atom stereocenters. The van der Waals surface area contributed by atoms with Crippen LogP contribution in [0.3, 0.4) is 0 Å². The Balaban J connectivity index is 1.73. The Kier molecular flexibility index (Phi) is 2.88. The lowest BCUT2D eigenvalue weighted by molar-refractivity contribution is 0.628. The molecule has 0 saturated carbocycles. The van der Waals surface area contributed by atoms with E-state index in [-0.39, 0.29) is 5.82 Å². The standard InChI is InChI=1S/C17H16FN3/c18-14-5-3-13(4-6-14)16-12-21-11-15(7-8-17(21)19-16)20-9-1-2-10-20/h3-8,11-12H,1-2,9-10H2. The Bertz CT molecular complexity index is 770. The largest absolute Gasteiger partial charge is 0.370 e. The van der Waals surface area contributed by atoms with Crippen molar-refractivity contribution in [3.63, 3.8) is 0 Å². The van der Waals surface area contributed by atoms with Gasteiger partial charge in [0, 0.05) is 31.0 Å². The zero-order chi connectivity index (χ0) is 14.2. The van der Waals surface area contributed by atoms with Crippen molar-refractivity contribution in [3.05, 3.63) is 54.6 Å². The fourth-order valence-electron chi connectivity index (χ4n) is 2.90. The Morgan fingerprint density at radius 3 is 2.43 bits per heavy atom. The number of hydrogen-bond acceptors (Lipinski definition) is 2. The summed E-state index contributed by atoms with van der Waals surface area (Å²) in [6, 6.07) is 10.6. The van der Waals surface area contributed by atoms with Gasteiger partial charge < -0.3 is 9.30 Å². The first-order valence-corrected chi connectivity index (χ1v) is 7.29. The van der Waals surface area contributed by atoms with Gasteiger partial charge in [0.25, 0.3) is 0 Å². The molecule has 3 heterocycles. The fraction of sp³-hybridized carbons (Fsp3) is 0.235. The van der Waals surface area contributed by atoms with E-state index in [9.17, 15) is 4.39 Å². The molecule has 21 heavy (non-hydrogen) atoms. The highest BCUT2D eigenvalue weighted by molar-refractivity contribution is 5.64. The van der Waals surface area contributed by atoms with Crippen molar-refractivity contribution >= 4 is 11.3 Å². The number of fused-ring (bicyclic) bond motifs is 1. The molecule has 0 amide bonds. The molecule has 4 rings (SSSR count). The molecule has 0 radical (unpaired) electrons. The van der Waals surface area contributed by atoms with Crippen LogP contribution in [0.15, 0.2) is 48.8 Å². The SMILES string of the molecule is Fc1ccc(-c2cn3cc(N4CCCC4)ccc3n2)cc1. The number of hydrogen-bond donors (Lipinski definition) is 0. The summed E-state index contributed by atoms with van der Waals surface area (Å²) in [5.41, 5.74) is 3.96. The number of benzene rings is 1. The second kappa shape index (κ2) is 4.88. The van der Waals surface area contributed by atoms with E-state index in [0.29, 0.717) is 0 Å². The minimum atomic E-state index is -0.223. The van der Waals surface area contributed by atoms with Crippen molar-refractivity contribution in [1.29, 1.82) is 0 Å². The summed E-state index contributed by atoms with van der Waals surface area (Å²) in [4.78, 5) is 7.00. The van der Waals surface area contributed by atoms with Crippen LogP contribution in [0.4, 0.5) is 10.1 Å². The number of anilines is 1. The molecule has 0 N–H and O–H groups in total. The quantitative estimate of drug-likeness (QED) is 0.713. The molecule has 0 unspecified atom stereocenters. The summed E-state index contributed by atoms with van der Waals surface area (Å²) in [7, 11) is 0. The molecule has 106 valence electrons. The molecule has 0 spiro atoms. The van der Waals surface area contributed by atoms with E-state index in [1.165, 1.54) is 30.7 Å². The highest BCUT2D eigenvalue weighted by atomic mass is 19.1. The second-order valence-electron chi connectivity index (χ2n) is 5.48. The number of aromatic nitrogens is 2. The maximum atomic E-state index is 13.0. The predicted molar refractivity (Wildman–Crippen MR) is 82.0 cm³/mol. The van der Waals surface area contributed by atoms with Crippen LogP contribution >= 0.6 is 0 Å². The van der Waals surface area contributed by atoms with Crippen LogP contribution in [-0.4, -0.2) is 22.5 Å². The molecule has 2 aromatic heterocycles. The minimum Gasteiger partial charge on any atom is -0.370 e. The third-order valence-corrected chi connectivity index (χ3v) is 4.05. The van der Waals surface area contributed by atoms with E-state index in [4.69, 9.17) is 0 Å². The van der Waals surface area contributed by atoms with Crippen LogP contribution in [-0.2, 0) is 0 Å². The van der Waals surface area contributed by atoms with E-state index in [2.05, 4.69) is 22.1 Å². The molecule has 0 aliphatic carbocycles. The molecule has 1 aliphatic rings. The molecule has 0 bridgehead atoms. The van der Waals surface area contributed by atoms with E-state index in [1.54, 1.807) is 12.1 Å². The zero-order valence-electron chi connectivity index (χ0n) is 11.7. The lowest BCUT2D eigenvalue weighted by atomic mass is 10.2. The van der Waals surface area contributed by atoms with E-state index < -0.39 is 0 Å². The normalized spacial score (nSPS) is 15.0. The summed E-state index contributed by atoms with van der Waals surface area (Å²) in [5, 5.41) is 0. The smallest absolute Gasteiger partial charge is 0.137 e. The van der Waals surface area contributed by atoms with Crippen molar-refractivity contribution in [2.45, 2.75) is 12.8 Å². The van der Waals surface area contributed by atoms with Gasteiger partial charge in [-0.3, -0.25) is 0 Å². The van der Waals surface area contributed by atoms with Gasteiger partial charge in [0.1, 0.15) is 11.5 Å². The first-order chi connectivity index (χ1) is 10.3. The minimum absolute atomic E-state index is 0.223. The first-order valence-electron chi connectivity index (χ1n) is 7.29. The number of imidazole rings is 1. The van der Waals surface area contributed by atoms with Gasteiger partial charge in [-0.1, -0.05) is 0 Å². The van der Waals surface area contributed by atoms with Crippen molar-refractivity contribution in [2.24, 2.45) is 0 Å². The van der Waals surface area contributed by atoms with E-state index in [1.807, 2.05) is 16.7 Å². The summed E-state index contributed by atoms with van der Waals surface area (Å²) >= 11 is 0. The molecule has 3 aromatic rings. The van der Waals surface area contributed by atoms with Crippen molar-refractivity contribution in [2.75, 3.05) is 18.0 Å². The fourth-order valence-corrected chi connectivity index (χ4v) is 2.90. The molecular weight excluding hydrogens is 265 g/mol. The Morgan fingerprint density at radius 2 is 1.67 bits per heavy atom. The summed E-state index contributed by atoms with van der Waals surface area (Å²) in [6.07, 6.45) is 6.66. The van der Waals surface area contributed by atoms with Gasteiger partial charge in [-0.15, -0.1) is 0 Å². The summed E-state index contributed by atoms with van der Waals surface area (Å²) in [5.74, 6) is -0.223. The predicted octanol–water partition coefficient (Wildman–Crippen LogP) is 3.74. The van der Waals surface area contributed by atoms with Gasteiger partial charge in [0.2, 0.25) is 0 Å². The average Bonchev–Trinajstić information content (AvgIpc) is 3.16. The van der Waals surface area contributed by atoms with Crippen molar-refractivity contribution in [3.8, 4) is 11.3 Å². The summed E-state index contributed by atoms with van der Waals surface area (Å²) in [6.45, 7) is 2.26. The molecular formula is C17H16FN3. The molecule has 4 heteroatoms. The van der Waals surface area contributed by atoms with Crippen LogP contribution in [0.1, 0.15) is 12.8 Å². The lowest BCUT2D eigenvalue weighted by Crippen LogP contribution is -2.17. The number of rotatable bonds is 2. The topological polar surface area (TPSA) is 20.5 Å². The first kappa shape index (κ1) is 12.4. The molecule has 1 fully saturated rings. The van der Waals surface area contributed by atoms with Gasteiger partial charge in [-0.25, -0.2) is 9.37 Å². The Morgan fingerprint density at radius 1 is 0.905 bits per heavy atom. The molecule has 1 aliphatic heterocycles. The third-order valence-electron chi connectivity index (χ3n) is 4.05.